The van der Waals surface area contributed by atoms with Crippen LogP contribution in [0.3, 0.4) is 0 Å². The number of ether oxygens (including phenoxy) is 1. The van der Waals surface area contributed by atoms with Crippen LogP contribution in [0.4, 0.5) is 10.1 Å². The van der Waals surface area contributed by atoms with E-state index in [2.05, 4.69) is 10.2 Å². The van der Waals surface area contributed by atoms with Gasteiger partial charge in [0.1, 0.15) is 18.2 Å². The Labute approximate surface area is 125 Å². The van der Waals surface area contributed by atoms with Crippen molar-refractivity contribution in [3.63, 3.8) is 0 Å². The van der Waals surface area contributed by atoms with Gasteiger partial charge in [-0.05, 0) is 32.3 Å². The van der Waals surface area contributed by atoms with Crippen molar-refractivity contribution in [2.24, 2.45) is 0 Å². The van der Waals surface area contributed by atoms with Gasteiger partial charge < -0.3 is 15.0 Å². The van der Waals surface area contributed by atoms with E-state index in [4.69, 9.17) is 4.74 Å². The molecule has 0 unspecified atom stereocenters. The number of halogens is 1. The summed E-state index contributed by atoms with van der Waals surface area (Å²) in [6.07, 6.45) is 0. The lowest BCUT2D eigenvalue weighted by Crippen LogP contribution is -2.19. The smallest absolute Gasteiger partial charge is 0.128 e. The third-order valence-corrected chi connectivity index (χ3v) is 3.08. The molecular formula is C17H21FN2O. The highest BCUT2D eigenvalue weighted by atomic mass is 19.1. The molecule has 2 aromatic rings. The molecule has 0 aliphatic rings. The number of rotatable bonds is 7. The molecule has 0 atom stereocenters. The Morgan fingerprint density at radius 3 is 2.67 bits per heavy atom. The van der Waals surface area contributed by atoms with Gasteiger partial charge in [-0.15, -0.1) is 0 Å². The van der Waals surface area contributed by atoms with Crippen molar-refractivity contribution < 1.29 is 9.13 Å². The van der Waals surface area contributed by atoms with E-state index in [1.807, 2.05) is 44.4 Å². The number of hydrogen-bond donors (Lipinski definition) is 1. The predicted molar refractivity (Wildman–Crippen MR) is 84.2 cm³/mol. The molecular weight excluding hydrogens is 267 g/mol. The molecule has 0 amide bonds. The largest absolute Gasteiger partial charge is 0.492 e. The molecule has 4 heteroatoms. The number of nitrogens with zero attached hydrogens (tertiary/aromatic N) is 1. The molecule has 2 rings (SSSR count). The molecule has 3 nitrogen and oxygen atoms in total. The molecule has 1 N–H and O–H groups in total. The van der Waals surface area contributed by atoms with Gasteiger partial charge in [0.05, 0.1) is 0 Å². The van der Waals surface area contributed by atoms with Crippen molar-refractivity contribution in [1.82, 2.24) is 4.90 Å². The van der Waals surface area contributed by atoms with E-state index < -0.39 is 0 Å². The fraction of sp³-hybridized carbons (Fsp3) is 0.294. The standard InChI is InChI=1S/C17H21FN2O/c1-20(2)10-11-21-16-8-5-7-15(12-16)19-13-14-6-3-4-9-17(14)18/h3-9,12,19H,10-11,13H2,1-2H3. The minimum absolute atomic E-state index is 0.191. The average Bonchev–Trinajstić information content (AvgIpc) is 2.46. The lowest BCUT2D eigenvalue weighted by Gasteiger charge is -2.12. The van der Waals surface area contributed by atoms with Crippen molar-refractivity contribution in [3.05, 3.63) is 59.9 Å². The van der Waals surface area contributed by atoms with Crippen LogP contribution in [0.25, 0.3) is 0 Å². The van der Waals surface area contributed by atoms with Crippen molar-refractivity contribution in [3.8, 4) is 5.75 Å². The Kier molecular flexibility index (Phi) is 5.58. The fourth-order valence-corrected chi connectivity index (χ4v) is 1.88. The first-order valence-corrected chi connectivity index (χ1v) is 7.00. The first-order chi connectivity index (χ1) is 10.1. The lowest BCUT2D eigenvalue weighted by molar-refractivity contribution is 0.261. The summed E-state index contributed by atoms with van der Waals surface area (Å²) >= 11 is 0. The van der Waals surface area contributed by atoms with Gasteiger partial charge in [-0.3, -0.25) is 0 Å². The molecule has 0 aliphatic carbocycles. The summed E-state index contributed by atoms with van der Waals surface area (Å²) in [5.74, 6) is 0.624. The highest BCUT2D eigenvalue weighted by Crippen LogP contribution is 2.18. The third kappa shape index (κ3) is 5.08. The average molecular weight is 288 g/mol. The zero-order chi connectivity index (χ0) is 15.1. The molecule has 0 bridgehead atoms. The van der Waals surface area contributed by atoms with Crippen LogP contribution in [-0.4, -0.2) is 32.1 Å². The van der Waals surface area contributed by atoms with Gasteiger partial charge in [0, 0.05) is 30.4 Å². The van der Waals surface area contributed by atoms with Crippen LogP contribution in [-0.2, 0) is 6.54 Å². The highest BCUT2D eigenvalue weighted by Gasteiger charge is 2.01. The normalized spacial score (nSPS) is 10.7. The van der Waals surface area contributed by atoms with Crippen LogP contribution in [0.5, 0.6) is 5.75 Å². The maximum Gasteiger partial charge on any atom is 0.128 e. The van der Waals surface area contributed by atoms with Crippen molar-refractivity contribution >= 4 is 5.69 Å². The van der Waals surface area contributed by atoms with E-state index in [9.17, 15) is 4.39 Å². The van der Waals surface area contributed by atoms with E-state index >= 15 is 0 Å². The summed E-state index contributed by atoms with van der Waals surface area (Å²) in [4.78, 5) is 2.07. The first kappa shape index (κ1) is 15.3. The zero-order valence-corrected chi connectivity index (χ0v) is 12.5. The summed E-state index contributed by atoms with van der Waals surface area (Å²) < 4.78 is 19.2. The van der Waals surface area contributed by atoms with Crippen LogP contribution in [0.2, 0.25) is 0 Å². The summed E-state index contributed by atoms with van der Waals surface area (Å²) in [6, 6.07) is 14.5. The number of likely N-dealkylation sites (N-methyl/N-ethyl adjacent to an activating group) is 1. The number of nitrogens with one attached hydrogen (secondary N) is 1. The monoisotopic (exact) mass is 288 g/mol. The summed E-state index contributed by atoms with van der Waals surface area (Å²) in [6.45, 7) is 1.96. The summed E-state index contributed by atoms with van der Waals surface area (Å²) in [5.41, 5.74) is 1.57. The van der Waals surface area contributed by atoms with Crippen LogP contribution < -0.4 is 10.1 Å². The maximum absolute atomic E-state index is 13.5. The number of benzene rings is 2. The SMILES string of the molecule is CN(C)CCOc1cccc(NCc2ccccc2F)c1. The third-order valence-electron chi connectivity index (χ3n) is 3.08. The molecule has 0 heterocycles. The summed E-state index contributed by atoms with van der Waals surface area (Å²) in [5, 5.41) is 3.21. The highest BCUT2D eigenvalue weighted by molar-refractivity contribution is 5.48. The molecule has 0 aromatic heterocycles. The van der Waals surface area contributed by atoms with Crippen LogP contribution in [0.15, 0.2) is 48.5 Å². The Morgan fingerprint density at radius 1 is 1.10 bits per heavy atom. The Morgan fingerprint density at radius 2 is 1.90 bits per heavy atom. The number of hydrogen-bond acceptors (Lipinski definition) is 3. The maximum atomic E-state index is 13.5. The molecule has 112 valence electrons. The van der Waals surface area contributed by atoms with Crippen molar-refractivity contribution in [2.75, 3.05) is 32.6 Å². The second-order valence-corrected chi connectivity index (χ2v) is 5.12. The van der Waals surface area contributed by atoms with Gasteiger partial charge in [0.15, 0.2) is 0 Å². The van der Waals surface area contributed by atoms with Gasteiger partial charge in [-0.25, -0.2) is 4.39 Å². The lowest BCUT2D eigenvalue weighted by atomic mass is 10.2. The second kappa shape index (κ2) is 7.64. The van der Waals surface area contributed by atoms with Gasteiger partial charge in [-0.2, -0.15) is 0 Å². The molecule has 21 heavy (non-hydrogen) atoms. The van der Waals surface area contributed by atoms with Gasteiger partial charge in [0.2, 0.25) is 0 Å². The summed E-state index contributed by atoms with van der Waals surface area (Å²) in [7, 11) is 4.02. The zero-order valence-electron chi connectivity index (χ0n) is 12.5. The van der Waals surface area contributed by atoms with Crippen LogP contribution in [0.1, 0.15) is 5.56 Å². The Hall–Kier alpha value is -2.07. The molecule has 0 spiro atoms. The molecule has 0 radical (unpaired) electrons. The van der Waals surface area contributed by atoms with E-state index in [0.29, 0.717) is 18.7 Å². The first-order valence-electron chi connectivity index (χ1n) is 7.00. The van der Waals surface area contributed by atoms with Gasteiger partial charge in [-0.1, -0.05) is 24.3 Å². The minimum Gasteiger partial charge on any atom is -0.492 e. The van der Waals surface area contributed by atoms with E-state index in [-0.39, 0.29) is 5.82 Å². The van der Waals surface area contributed by atoms with E-state index in [1.54, 1.807) is 12.1 Å². The van der Waals surface area contributed by atoms with Gasteiger partial charge in [0.25, 0.3) is 0 Å². The molecule has 0 fully saturated rings. The minimum atomic E-state index is -0.191. The molecule has 0 saturated carbocycles. The van der Waals surface area contributed by atoms with E-state index in [1.165, 1.54) is 6.07 Å². The van der Waals surface area contributed by atoms with Crippen LogP contribution in [0, 0.1) is 5.82 Å². The van der Waals surface area contributed by atoms with Crippen molar-refractivity contribution in [1.29, 1.82) is 0 Å². The second-order valence-electron chi connectivity index (χ2n) is 5.12. The Balaban J connectivity index is 1.90. The van der Waals surface area contributed by atoms with E-state index in [0.717, 1.165) is 18.0 Å². The number of anilines is 1. The predicted octanol–water partition coefficient (Wildman–Crippen LogP) is 3.38. The van der Waals surface area contributed by atoms with Crippen LogP contribution >= 0.6 is 0 Å². The molecule has 0 saturated heterocycles. The van der Waals surface area contributed by atoms with Crippen molar-refractivity contribution in [2.45, 2.75) is 6.54 Å². The molecule has 2 aromatic carbocycles. The van der Waals surface area contributed by atoms with Gasteiger partial charge >= 0.3 is 0 Å². The molecule has 0 aliphatic heterocycles. The Bertz CT molecular complexity index is 572. The quantitative estimate of drug-likeness (QED) is 0.845. The fourth-order valence-electron chi connectivity index (χ4n) is 1.88. The topological polar surface area (TPSA) is 24.5 Å².